The van der Waals surface area contributed by atoms with E-state index in [1.165, 1.54) is 0 Å². The first-order valence-corrected chi connectivity index (χ1v) is 4.63. The van der Waals surface area contributed by atoms with Gasteiger partial charge in [-0.2, -0.15) is 0 Å². The number of aryl methyl sites for hydroxylation is 1. The summed E-state index contributed by atoms with van der Waals surface area (Å²) < 4.78 is 0. The Bertz CT molecular complexity index is 269. The molecule has 1 nitrogen and oxygen atoms in total. The van der Waals surface area contributed by atoms with Crippen LogP contribution >= 0.6 is 15.9 Å². The number of hydrogen-bond donors (Lipinski definition) is 1. The van der Waals surface area contributed by atoms with E-state index in [1.807, 2.05) is 26.0 Å². The minimum atomic E-state index is 0.418. The Morgan fingerprint density at radius 2 is 2.00 bits per heavy atom. The van der Waals surface area contributed by atoms with E-state index in [9.17, 15) is 5.11 Å². The second-order valence-electron chi connectivity index (χ2n) is 2.65. The molecule has 0 unspecified atom stereocenters. The van der Waals surface area contributed by atoms with Gasteiger partial charge in [0.25, 0.3) is 0 Å². The zero-order chi connectivity index (χ0) is 8.43. The highest BCUT2D eigenvalue weighted by atomic mass is 79.9. The van der Waals surface area contributed by atoms with Crippen LogP contribution < -0.4 is 0 Å². The first-order valence-electron chi connectivity index (χ1n) is 3.51. The molecule has 0 saturated heterocycles. The summed E-state index contributed by atoms with van der Waals surface area (Å²) in [5.41, 5.74) is 3.06. The quantitative estimate of drug-likeness (QED) is 0.714. The van der Waals surface area contributed by atoms with Gasteiger partial charge in [-0.25, -0.2) is 0 Å². The van der Waals surface area contributed by atoms with Gasteiger partial charge in [0.15, 0.2) is 0 Å². The van der Waals surface area contributed by atoms with Crippen molar-refractivity contribution in [3.8, 4) is 5.75 Å². The van der Waals surface area contributed by atoms with Crippen LogP contribution in [0.25, 0.3) is 0 Å². The molecule has 0 aromatic heterocycles. The lowest BCUT2D eigenvalue weighted by atomic mass is 10.1. The molecule has 1 rings (SSSR count). The first kappa shape index (κ1) is 8.60. The lowest BCUT2D eigenvalue weighted by molar-refractivity contribution is 0.466. The molecule has 0 radical (unpaired) electrons. The van der Waals surface area contributed by atoms with Crippen molar-refractivity contribution in [1.29, 1.82) is 0 Å². The molecule has 0 spiro atoms. The van der Waals surface area contributed by atoms with Gasteiger partial charge in [0.2, 0.25) is 0 Å². The Kier molecular flexibility index (Phi) is 2.55. The highest BCUT2D eigenvalue weighted by Gasteiger charge is 2.03. The third kappa shape index (κ3) is 1.56. The standard InChI is InChI=1S/C9H11BrO/c1-6-3-4-8(5-10)7(2)9(6)11/h3-4,11H,5H2,1-2H3. The van der Waals surface area contributed by atoms with Gasteiger partial charge in [0.1, 0.15) is 5.75 Å². The molecule has 1 aromatic carbocycles. The maximum Gasteiger partial charge on any atom is 0.121 e. The minimum Gasteiger partial charge on any atom is -0.507 e. The van der Waals surface area contributed by atoms with Gasteiger partial charge in [0, 0.05) is 5.33 Å². The molecule has 0 saturated carbocycles. The topological polar surface area (TPSA) is 20.2 Å². The summed E-state index contributed by atoms with van der Waals surface area (Å²) in [6, 6.07) is 3.96. The average molecular weight is 215 g/mol. The molecular formula is C9H11BrO. The van der Waals surface area contributed by atoms with Gasteiger partial charge in [0.05, 0.1) is 0 Å². The van der Waals surface area contributed by atoms with Crippen LogP contribution in [0, 0.1) is 13.8 Å². The van der Waals surface area contributed by atoms with Gasteiger partial charge < -0.3 is 5.11 Å². The number of phenols is 1. The van der Waals surface area contributed by atoms with Crippen LogP contribution in [0.1, 0.15) is 16.7 Å². The predicted octanol–water partition coefficient (Wildman–Crippen LogP) is 2.90. The van der Waals surface area contributed by atoms with Crippen molar-refractivity contribution in [2.45, 2.75) is 19.2 Å². The second kappa shape index (κ2) is 3.26. The zero-order valence-corrected chi connectivity index (χ0v) is 8.27. The molecule has 60 valence electrons. The third-order valence-electron chi connectivity index (χ3n) is 1.89. The number of phenolic OH excluding ortho intramolecular Hbond substituents is 1. The predicted molar refractivity (Wildman–Crippen MR) is 50.2 cm³/mol. The van der Waals surface area contributed by atoms with E-state index in [4.69, 9.17) is 0 Å². The summed E-state index contributed by atoms with van der Waals surface area (Å²) in [6.07, 6.45) is 0. The molecule has 0 atom stereocenters. The summed E-state index contributed by atoms with van der Waals surface area (Å²) in [5.74, 6) is 0.418. The van der Waals surface area contributed by atoms with Crippen LogP contribution in [0.15, 0.2) is 12.1 Å². The molecule has 0 aliphatic rings. The fourth-order valence-corrected chi connectivity index (χ4v) is 1.63. The fourth-order valence-electron chi connectivity index (χ4n) is 1.02. The van der Waals surface area contributed by atoms with Crippen molar-refractivity contribution in [1.82, 2.24) is 0 Å². The Morgan fingerprint density at radius 3 is 2.55 bits per heavy atom. The number of benzene rings is 1. The van der Waals surface area contributed by atoms with Crippen LogP contribution in [0.4, 0.5) is 0 Å². The molecule has 0 fully saturated rings. The Balaban J connectivity index is 3.25. The van der Waals surface area contributed by atoms with Crippen molar-refractivity contribution >= 4 is 15.9 Å². The van der Waals surface area contributed by atoms with E-state index in [2.05, 4.69) is 15.9 Å². The Hall–Kier alpha value is -0.500. The highest BCUT2D eigenvalue weighted by Crippen LogP contribution is 2.25. The van der Waals surface area contributed by atoms with E-state index in [-0.39, 0.29) is 0 Å². The smallest absolute Gasteiger partial charge is 0.121 e. The van der Waals surface area contributed by atoms with Crippen molar-refractivity contribution in [3.05, 3.63) is 28.8 Å². The lowest BCUT2D eigenvalue weighted by Gasteiger charge is -2.06. The Labute approximate surface area is 75.2 Å². The molecule has 0 amide bonds. The normalized spacial score (nSPS) is 10.1. The Morgan fingerprint density at radius 1 is 1.36 bits per heavy atom. The summed E-state index contributed by atoms with van der Waals surface area (Å²) >= 11 is 3.36. The molecule has 11 heavy (non-hydrogen) atoms. The third-order valence-corrected chi connectivity index (χ3v) is 2.49. The first-order chi connectivity index (χ1) is 5.16. The SMILES string of the molecule is Cc1ccc(CBr)c(C)c1O. The highest BCUT2D eigenvalue weighted by molar-refractivity contribution is 9.08. The average Bonchev–Trinajstić information content (AvgIpc) is 2.01. The van der Waals surface area contributed by atoms with Gasteiger partial charge in [-0.15, -0.1) is 0 Å². The second-order valence-corrected chi connectivity index (χ2v) is 3.21. The van der Waals surface area contributed by atoms with E-state index in [0.717, 1.165) is 22.0 Å². The molecule has 1 N–H and O–H groups in total. The van der Waals surface area contributed by atoms with Gasteiger partial charge in [-0.3, -0.25) is 0 Å². The molecule has 1 aromatic rings. The number of halogens is 1. The number of alkyl halides is 1. The van der Waals surface area contributed by atoms with Crippen LogP contribution in [-0.4, -0.2) is 5.11 Å². The summed E-state index contributed by atoms with van der Waals surface area (Å²) in [6.45, 7) is 3.83. The van der Waals surface area contributed by atoms with E-state index < -0.39 is 0 Å². The summed E-state index contributed by atoms with van der Waals surface area (Å²) in [4.78, 5) is 0. The fraction of sp³-hybridized carbons (Fsp3) is 0.333. The van der Waals surface area contributed by atoms with Crippen LogP contribution in [0.3, 0.4) is 0 Å². The van der Waals surface area contributed by atoms with E-state index >= 15 is 0 Å². The largest absolute Gasteiger partial charge is 0.507 e. The zero-order valence-electron chi connectivity index (χ0n) is 6.69. The van der Waals surface area contributed by atoms with Crippen LogP contribution in [0.5, 0.6) is 5.75 Å². The van der Waals surface area contributed by atoms with E-state index in [1.54, 1.807) is 0 Å². The van der Waals surface area contributed by atoms with Gasteiger partial charge in [-0.1, -0.05) is 28.1 Å². The molecule has 0 bridgehead atoms. The molecule has 0 aliphatic heterocycles. The molecule has 0 aliphatic carbocycles. The van der Waals surface area contributed by atoms with Crippen molar-refractivity contribution in [2.75, 3.05) is 0 Å². The summed E-state index contributed by atoms with van der Waals surface area (Å²) in [7, 11) is 0. The van der Waals surface area contributed by atoms with Crippen LogP contribution in [0.2, 0.25) is 0 Å². The molecule has 0 heterocycles. The molecular weight excluding hydrogens is 204 g/mol. The lowest BCUT2D eigenvalue weighted by Crippen LogP contribution is -1.86. The summed E-state index contributed by atoms with van der Waals surface area (Å²) in [5, 5.41) is 10.3. The van der Waals surface area contributed by atoms with Crippen molar-refractivity contribution in [2.24, 2.45) is 0 Å². The van der Waals surface area contributed by atoms with Crippen molar-refractivity contribution in [3.63, 3.8) is 0 Å². The van der Waals surface area contributed by atoms with Gasteiger partial charge >= 0.3 is 0 Å². The maximum atomic E-state index is 9.50. The minimum absolute atomic E-state index is 0.418. The molecule has 2 heteroatoms. The number of rotatable bonds is 1. The van der Waals surface area contributed by atoms with Crippen molar-refractivity contribution < 1.29 is 5.11 Å². The number of hydrogen-bond acceptors (Lipinski definition) is 1. The number of aromatic hydroxyl groups is 1. The van der Waals surface area contributed by atoms with Gasteiger partial charge in [-0.05, 0) is 30.5 Å². The monoisotopic (exact) mass is 214 g/mol. The maximum absolute atomic E-state index is 9.50. The van der Waals surface area contributed by atoms with Crippen LogP contribution in [-0.2, 0) is 5.33 Å². The van der Waals surface area contributed by atoms with E-state index in [0.29, 0.717) is 5.75 Å².